The minimum atomic E-state index is -1.82. The maximum atomic E-state index is 12.1. The van der Waals surface area contributed by atoms with Gasteiger partial charge >= 0.3 is 115 Å². The van der Waals surface area contributed by atoms with Crippen molar-refractivity contribution >= 4 is 25.3 Å². The predicted octanol–water partition coefficient (Wildman–Crippen LogP) is 3.50. The van der Waals surface area contributed by atoms with Crippen molar-refractivity contribution in [2.24, 2.45) is 5.92 Å². The van der Waals surface area contributed by atoms with Crippen molar-refractivity contribution in [1.29, 1.82) is 0 Å². The van der Waals surface area contributed by atoms with Crippen LogP contribution in [0.4, 0.5) is 0 Å². The van der Waals surface area contributed by atoms with Gasteiger partial charge in [-0.15, -0.1) is 0 Å². The number of hydrogen-bond acceptors (Lipinski definition) is 2. The molecule has 0 aromatic carbocycles. The maximum absolute atomic E-state index is 12.1. The molecule has 1 heterocycles. The van der Waals surface area contributed by atoms with E-state index in [1.807, 2.05) is 0 Å². The van der Waals surface area contributed by atoms with Crippen LogP contribution in [0.3, 0.4) is 0 Å². The summed E-state index contributed by atoms with van der Waals surface area (Å²) in [5.74, 6) is 0.486. The van der Waals surface area contributed by atoms with Gasteiger partial charge in [-0.05, 0) is 0 Å². The Morgan fingerprint density at radius 3 is 2.89 bits per heavy atom. The second-order valence-electron chi connectivity index (χ2n) is 5.27. The number of carbonyl (C=O) groups is 2. The SMILES string of the molecule is C=C(C)[C@@H]1C/C=C(\C)CC[C](=O)[Ge]([CH2]C=O)[CH2]C1. The van der Waals surface area contributed by atoms with Gasteiger partial charge < -0.3 is 0 Å². The summed E-state index contributed by atoms with van der Waals surface area (Å²) in [4.78, 5) is 22.8. The fourth-order valence-corrected chi connectivity index (χ4v) is 6.68. The van der Waals surface area contributed by atoms with Crippen LogP contribution in [0.2, 0.25) is 10.5 Å². The summed E-state index contributed by atoms with van der Waals surface area (Å²) >= 11 is -1.82. The summed E-state index contributed by atoms with van der Waals surface area (Å²) in [6.45, 7) is 8.23. The Morgan fingerprint density at radius 2 is 2.28 bits per heavy atom. The average Bonchev–Trinajstić information content (AvgIpc) is 2.33. The van der Waals surface area contributed by atoms with Crippen molar-refractivity contribution in [3.05, 3.63) is 23.8 Å². The van der Waals surface area contributed by atoms with Crippen LogP contribution in [-0.4, -0.2) is 25.3 Å². The van der Waals surface area contributed by atoms with Gasteiger partial charge in [0.1, 0.15) is 0 Å². The Labute approximate surface area is 115 Å². The molecule has 0 amide bonds. The Balaban J connectivity index is 2.80. The van der Waals surface area contributed by atoms with E-state index in [0.717, 1.165) is 30.8 Å². The van der Waals surface area contributed by atoms with E-state index >= 15 is 0 Å². The van der Waals surface area contributed by atoms with E-state index in [2.05, 4.69) is 26.5 Å². The molecule has 18 heavy (non-hydrogen) atoms. The molecular formula is C15H23GeO2. The molecule has 0 fully saturated rings. The van der Waals surface area contributed by atoms with Gasteiger partial charge in [0.15, 0.2) is 0 Å². The first-order valence-corrected chi connectivity index (χ1v) is 10.7. The van der Waals surface area contributed by atoms with E-state index in [4.69, 9.17) is 0 Å². The number of rotatable bonds is 3. The van der Waals surface area contributed by atoms with Crippen molar-refractivity contribution in [2.45, 2.75) is 50.0 Å². The fraction of sp³-hybridized carbons (Fsp3) is 0.600. The van der Waals surface area contributed by atoms with Gasteiger partial charge in [0, 0.05) is 0 Å². The van der Waals surface area contributed by atoms with E-state index in [1.165, 1.54) is 11.1 Å². The van der Waals surface area contributed by atoms with Crippen LogP contribution in [0.15, 0.2) is 23.8 Å². The monoisotopic (exact) mass is 309 g/mol. The molecule has 1 rings (SSSR count). The summed E-state index contributed by atoms with van der Waals surface area (Å²) in [6.07, 6.45) is 6.82. The molecule has 0 spiro atoms. The first-order chi connectivity index (χ1) is 8.54. The zero-order valence-electron chi connectivity index (χ0n) is 11.5. The Hall–Kier alpha value is -0.637. The van der Waals surface area contributed by atoms with Crippen LogP contribution in [0.1, 0.15) is 39.5 Å². The van der Waals surface area contributed by atoms with Crippen LogP contribution in [0.25, 0.3) is 0 Å². The zero-order chi connectivity index (χ0) is 13.5. The molecular weight excluding hydrogens is 285 g/mol. The second kappa shape index (κ2) is 7.72. The summed E-state index contributed by atoms with van der Waals surface area (Å²) in [6, 6.07) is 0. The van der Waals surface area contributed by atoms with Gasteiger partial charge in [0.05, 0.1) is 0 Å². The molecule has 0 saturated heterocycles. The normalized spacial score (nSPS) is 26.2. The van der Waals surface area contributed by atoms with Gasteiger partial charge in [-0.25, -0.2) is 0 Å². The molecule has 0 aromatic heterocycles. The number of carbonyl (C=O) groups excluding carboxylic acids is 2. The standard InChI is InChI=1S/C15H23GeO2/c1-12(2)14-6-4-13(3)5-7-15(18)16(9-8-14)10-11-17/h4,11,14H,1,5-10H2,2-3H3/b13-4+/t14-/m1/s1. The van der Waals surface area contributed by atoms with Crippen LogP contribution >= 0.6 is 0 Å². The van der Waals surface area contributed by atoms with Crippen LogP contribution in [0, 0.1) is 5.92 Å². The molecule has 1 atom stereocenters. The van der Waals surface area contributed by atoms with Gasteiger partial charge in [0.25, 0.3) is 0 Å². The van der Waals surface area contributed by atoms with Crippen LogP contribution in [0.5, 0.6) is 0 Å². The minimum absolute atomic E-state index is 0.414. The number of hydrogen-bond donors (Lipinski definition) is 0. The number of allylic oxidation sites excluding steroid dienone is 3. The van der Waals surface area contributed by atoms with E-state index in [9.17, 15) is 9.59 Å². The third kappa shape index (κ3) is 4.93. The summed E-state index contributed by atoms with van der Waals surface area (Å²) < 4.78 is 0.414. The average molecular weight is 308 g/mol. The molecule has 3 heteroatoms. The van der Waals surface area contributed by atoms with Gasteiger partial charge in [-0.2, -0.15) is 0 Å². The number of aldehydes is 1. The molecule has 0 bridgehead atoms. The first-order valence-electron chi connectivity index (χ1n) is 6.67. The zero-order valence-corrected chi connectivity index (χ0v) is 13.6. The second-order valence-corrected chi connectivity index (χ2v) is 10.9. The quantitative estimate of drug-likeness (QED) is 0.454. The van der Waals surface area contributed by atoms with Crippen LogP contribution in [-0.2, 0) is 9.59 Å². The third-order valence-electron chi connectivity index (χ3n) is 3.71. The molecule has 0 unspecified atom stereocenters. The molecule has 0 N–H and O–H groups in total. The molecule has 99 valence electrons. The molecule has 1 radical (unpaired) electrons. The Morgan fingerprint density at radius 1 is 1.56 bits per heavy atom. The summed E-state index contributed by atoms with van der Waals surface area (Å²) in [7, 11) is 0. The molecule has 1 aliphatic rings. The van der Waals surface area contributed by atoms with Crippen molar-refractivity contribution in [1.82, 2.24) is 0 Å². The van der Waals surface area contributed by atoms with E-state index in [1.54, 1.807) is 0 Å². The van der Waals surface area contributed by atoms with Crippen LogP contribution < -0.4 is 0 Å². The van der Waals surface area contributed by atoms with Gasteiger partial charge in [-0.3, -0.25) is 0 Å². The fourth-order valence-electron chi connectivity index (χ4n) is 2.30. The molecule has 0 aliphatic carbocycles. The predicted molar refractivity (Wildman–Crippen MR) is 77.0 cm³/mol. The third-order valence-corrected chi connectivity index (χ3v) is 9.15. The van der Waals surface area contributed by atoms with Gasteiger partial charge in [0.2, 0.25) is 0 Å². The Bertz CT molecular complexity index is 358. The molecule has 0 saturated carbocycles. The van der Waals surface area contributed by atoms with Gasteiger partial charge in [-0.1, -0.05) is 0 Å². The van der Waals surface area contributed by atoms with Crippen molar-refractivity contribution in [3.8, 4) is 0 Å². The van der Waals surface area contributed by atoms with Crippen molar-refractivity contribution < 1.29 is 9.59 Å². The molecule has 1 aliphatic heterocycles. The van der Waals surface area contributed by atoms with Crippen molar-refractivity contribution in [2.75, 3.05) is 0 Å². The summed E-state index contributed by atoms with van der Waals surface area (Å²) in [5, 5.41) is 1.53. The van der Waals surface area contributed by atoms with E-state index in [-0.39, 0.29) is 0 Å². The van der Waals surface area contributed by atoms with Crippen molar-refractivity contribution in [3.63, 3.8) is 0 Å². The topological polar surface area (TPSA) is 34.1 Å². The molecule has 0 aromatic rings. The Kier molecular flexibility index (Phi) is 6.62. The first kappa shape index (κ1) is 15.4. The summed E-state index contributed by atoms with van der Waals surface area (Å²) in [5.41, 5.74) is 2.51. The molecule has 2 nitrogen and oxygen atoms in total. The van der Waals surface area contributed by atoms with E-state index < -0.39 is 14.3 Å². The van der Waals surface area contributed by atoms with E-state index in [0.29, 0.717) is 22.2 Å².